The van der Waals surface area contributed by atoms with Crippen LogP contribution in [0.4, 0.5) is 0 Å². The summed E-state index contributed by atoms with van der Waals surface area (Å²) in [5.74, 6) is 0.168. The van der Waals surface area contributed by atoms with Crippen LogP contribution in [0.5, 0.6) is 0 Å². The van der Waals surface area contributed by atoms with Crippen LogP contribution in [0.1, 0.15) is 43.7 Å². The predicted molar refractivity (Wildman–Crippen MR) is 80.4 cm³/mol. The topological polar surface area (TPSA) is 41.1 Å². The van der Waals surface area contributed by atoms with Crippen molar-refractivity contribution >= 4 is 5.91 Å². The van der Waals surface area contributed by atoms with Gasteiger partial charge >= 0.3 is 0 Å². The van der Waals surface area contributed by atoms with Crippen LogP contribution in [0.2, 0.25) is 0 Å². The molecule has 1 heterocycles. The van der Waals surface area contributed by atoms with E-state index in [0.717, 1.165) is 19.5 Å². The second-order valence-corrected chi connectivity index (χ2v) is 6.37. The molecular weight excluding hydrogens is 248 g/mol. The summed E-state index contributed by atoms with van der Waals surface area (Å²) < 4.78 is 0. The van der Waals surface area contributed by atoms with E-state index in [-0.39, 0.29) is 11.9 Å². The normalized spacial score (nSPS) is 22.9. The van der Waals surface area contributed by atoms with E-state index in [1.807, 2.05) is 0 Å². The first kappa shape index (κ1) is 13.6. The maximum absolute atomic E-state index is 12.3. The van der Waals surface area contributed by atoms with Crippen LogP contribution in [-0.4, -0.2) is 18.5 Å². The average Bonchev–Trinajstić information content (AvgIpc) is 3.25. The molecule has 1 atom stereocenters. The van der Waals surface area contributed by atoms with Gasteiger partial charge in [-0.3, -0.25) is 4.79 Å². The van der Waals surface area contributed by atoms with Gasteiger partial charge in [-0.2, -0.15) is 0 Å². The second kappa shape index (κ2) is 5.57. The minimum atomic E-state index is -0.0673. The lowest BCUT2D eigenvalue weighted by Gasteiger charge is -2.26. The number of hydrogen-bond donors (Lipinski definition) is 2. The van der Waals surface area contributed by atoms with Crippen LogP contribution >= 0.6 is 0 Å². The van der Waals surface area contributed by atoms with E-state index in [2.05, 4.69) is 41.8 Å². The van der Waals surface area contributed by atoms with Crippen LogP contribution < -0.4 is 10.6 Å². The lowest BCUT2D eigenvalue weighted by molar-refractivity contribution is -0.123. The molecule has 0 spiro atoms. The third-order valence-electron chi connectivity index (χ3n) is 4.77. The lowest BCUT2D eigenvalue weighted by Crippen LogP contribution is -2.48. The molecule has 0 saturated heterocycles. The third-order valence-corrected chi connectivity index (χ3v) is 4.77. The second-order valence-electron chi connectivity index (χ2n) is 6.37. The number of hydrogen-bond acceptors (Lipinski definition) is 2. The molecule has 3 heteroatoms. The van der Waals surface area contributed by atoms with Gasteiger partial charge in [0.1, 0.15) is 0 Å². The smallest absolute Gasteiger partial charge is 0.237 e. The maximum atomic E-state index is 12.3. The van der Waals surface area contributed by atoms with Crippen molar-refractivity contribution in [1.29, 1.82) is 0 Å². The Morgan fingerprint density at radius 2 is 2.10 bits per heavy atom. The summed E-state index contributed by atoms with van der Waals surface area (Å²) in [5.41, 5.74) is 3.05. The summed E-state index contributed by atoms with van der Waals surface area (Å²) in [6.45, 7) is 3.88. The number of fused-ring (bicyclic) bond motifs is 1. The summed E-state index contributed by atoms with van der Waals surface area (Å²) in [4.78, 5) is 12.3. The Morgan fingerprint density at radius 3 is 2.80 bits per heavy atom. The van der Waals surface area contributed by atoms with Gasteiger partial charge in [-0.15, -0.1) is 0 Å². The molecule has 1 aliphatic carbocycles. The van der Waals surface area contributed by atoms with Gasteiger partial charge in [0.15, 0.2) is 0 Å². The summed E-state index contributed by atoms with van der Waals surface area (Å²) in [6.07, 6.45) is 5.83. The Kier molecular flexibility index (Phi) is 3.79. The van der Waals surface area contributed by atoms with E-state index in [1.54, 1.807) is 0 Å². The summed E-state index contributed by atoms with van der Waals surface area (Å²) in [5, 5.41) is 6.52. The summed E-state index contributed by atoms with van der Waals surface area (Å²) in [7, 11) is 0. The van der Waals surface area contributed by atoms with Gasteiger partial charge in [0.25, 0.3) is 0 Å². The van der Waals surface area contributed by atoms with Gasteiger partial charge in [-0.1, -0.05) is 37.6 Å². The fraction of sp³-hybridized carbons (Fsp3) is 0.588. The molecule has 1 amide bonds. The fourth-order valence-corrected chi connectivity index (χ4v) is 3.26. The van der Waals surface area contributed by atoms with Crippen LogP contribution in [-0.2, 0) is 17.8 Å². The van der Waals surface area contributed by atoms with E-state index >= 15 is 0 Å². The standard InChI is InChI=1S/C17H24N2O/c1-2-7-17(8-9-17)12-19-16(20)15-10-13-5-3-4-6-14(13)11-18-15/h3-6,15,18H,2,7-12H2,1H3,(H,19,20). The van der Waals surface area contributed by atoms with Crippen molar-refractivity contribution in [3.05, 3.63) is 35.4 Å². The van der Waals surface area contributed by atoms with Gasteiger partial charge < -0.3 is 10.6 Å². The van der Waals surface area contributed by atoms with Gasteiger partial charge in [0.05, 0.1) is 6.04 Å². The molecule has 1 fully saturated rings. The van der Waals surface area contributed by atoms with Gasteiger partial charge in [0, 0.05) is 13.1 Å². The summed E-state index contributed by atoms with van der Waals surface area (Å²) in [6, 6.07) is 8.32. The zero-order valence-corrected chi connectivity index (χ0v) is 12.2. The number of amides is 1. The van der Waals surface area contributed by atoms with Crippen LogP contribution in [0.15, 0.2) is 24.3 Å². The molecule has 1 saturated carbocycles. The van der Waals surface area contributed by atoms with E-state index in [1.165, 1.54) is 36.8 Å². The molecular formula is C17H24N2O. The number of rotatable bonds is 5. The van der Waals surface area contributed by atoms with Crippen molar-refractivity contribution in [3.8, 4) is 0 Å². The SMILES string of the molecule is CCCC1(CNC(=O)C2Cc3ccccc3CN2)CC1. The van der Waals surface area contributed by atoms with Gasteiger partial charge in [0.2, 0.25) is 5.91 Å². The van der Waals surface area contributed by atoms with Crippen molar-refractivity contribution < 1.29 is 4.79 Å². The van der Waals surface area contributed by atoms with Crippen molar-refractivity contribution in [1.82, 2.24) is 10.6 Å². The zero-order chi connectivity index (χ0) is 14.0. The third kappa shape index (κ3) is 2.88. The predicted octanol–water partition coefficient (Wildman–Crippen LogP) is 2.40. The molecule has 0 bridgehead atoms. The molecule has 2 aliphatic rings. The average molecular weight is 272 g/mol. The highest BCUT2D eigenvalue weighted by molar-refractivity contribution is 5.82. The van der Waals surface area contributed by atoms with Crippen molar-refractivity contribution in [2.75, 3.05) is 6.54 Å². The Labute approximate surface area is 121 Å². The number of carbonyl (C=O) groups excluding carboxylic acids is 1. The number of nitrogens with one attached hydrogen (secondary N) is 2. The molecule has 108 valence electrons. The molecule has 0 aromatic heterocycles. The zero-order valence-electron chi connectivity index (χ0n) is 12.2. The molecule has 3 nitrogen and oxygen atoms in total. The Balaban J connectivity index is 1.54. The molecule has 0 radical (unpaired) electrons. The first-order chi connectivity index (χ1) is 9.72. The quantitative estimate of drug-likeness (QED) is 0.864. The molecule has 3 rings (SSSR count). The van der Waals surface area contributed by atoms with E-state index in [4.69, 9.17) is 0 Å². The van der Waals surface area contributed by atoms with E-state index in [9.17, 15) is 4.79 Å². The van der Waals surface area contributed by atoms with Gasteiger partial charge in [-0.05, 0) is 42.2 Å². The monoisotopic (exact) mass is 272 g/mol. The van der Waals surface area contributed by atoms with Crippen molar-refractivity contribution in [3.63, 3.8) is 0 Å². The van der Waals surface area contributed by atoms with Gasteiger partial charge in [-0.25, -0.2) is 0 Å². The highest BCUT2D eigenvalue weighted by Crippen LogP contribution is 2.48. The Hall–Kier alpha value is -1.35. The highest BCUT2D eigenvalue weighted by Gasteiger charge is 2.41. The number of benzene rings is 1. The molecule has 1 unspecified atom stereocenters. The van der Waals surface area contributed by atoms with E-state index in [0.29, 0.717) is 5.41 Å². The molecule has 1 aromatic rings. The lowest BCUT2D eigenvalue weighted by atomic mass is 9.95. The largest absolute Gasteiger partial charge is 0.354 e. The summed E-state index contributed by atoms with van der Waals surface area (Å²) >= 11 is 0. The van der Waals surface area contributed by atoms with Crippen LogP contribution in [0.25, 0.3) is 0 Å². The van der Waals surface area contributed by atoms with E-state index < -0.39 is 0 Å². The minimum Gasteiger partial charge on any atom is -0.354 e. The molecule has 1 aromatic carbocycles. The van der Waals surface area contributed by atoms with Crippen LogP contribution in [0.3, 0.4) is 0 Å². The van der Waals surface area contributed by atoms with Crippen molar-refractivity contribution in [2.24, 2.45) is 5.41 Å². The Bertz CT molecular complexity index is 494. The number of carbonyl (C=O) groups is 1. The highest BCUT2D eigenvalue weighted by atomic mass is 16.2. The van der Waals surface area contributed by atoms with Crippen molar-refractivity contribution in [2.45, 2.75) is 51.6 Å². The molecule has 2 N–H and O–H groups in total. The fourth-order valence-electron chi connectivity index (χ4n) is 3.26. The Morgan fingerprint density at radius 1 is 1.35 bits per heavy atom. The first-order valence-corrected chi connectivity index (χ1v) is 7.80. The molecule has 1 aliphatic heterocycles. The first-order valence-electron chi connectivity index (χ1n) is 7.80. The maximum Gasteiger partial charge on any atom is 0.237 e. The molecule has 20 heavy (non-hydrogen) atoms. The van der Waals surface area contributed by atoms with Crippen LogP contribution in [0, 0.1) is 5.41 Å². The minimum absolute atomic E-state index is 0.0673.